The van der Waals surface area contributed by atoms with Gasteiger partial charge >= 0.3 is 5.97 Å². The number of hydrogen-bond donors (Lipinski definition) is 0. The Morgan fingerprint density at radius 3 is 2.29 bits per heavy atom. The number of carbonyl (C=O) groups excluding carboxylic acids is 1. The molecule has 0 aromatic carbocycles. The summed E-state index contributed by atoms with van der Waals surface area (Å²) in [4.78, 5) is 11.9. The van der Waals surface area contributed by atoms with Crippen LogP contribution in [0.2, 0.25) is 0 Å². The fraction of sp³-hybridized carbons (Fsp3) is 0.917. The van der Waals surface area contributed by atoms with E-state index in [9.17, 15) is 4.79 Å². The Morgan fingerprint density at radius 2 is 1.86 bits per heavy atom. The van der Waals surface area contributed by atoms with E-state index >= 15 is 0 Å². The second kappa shape index (κ2) is 1.89. The summed E-state index contributed by atoms with van der Waals surface area (Å²) in [6.45, 7) is 0. The van der Waals surface area contributed by atoms with Crippen LogP contribution in [0.15, 0.2) is 0 Å². The van der Waals surface area contributed by atoms with E-state index < -0.39 is 0 Å². The Bertz CT molecular complexity index is 317. The zero-order chi connectivity index (χ0) is 9.55. The summed E-state index contributed by atoms with van der Waals surface area (Å²) in [7, 11) is 1.55. The molecule has 0 N–H and O–H groups in total. The molecule has 4 aliphatic rings. The zero-order valence-electron chi connectivity index (χ0n) is 8.58. The SMILES string of the molecule is COC(=O)C12CC3CC4CC(C1)C43C2. The molecule has 4 saturated carbocycles. The highest BCUT2D eigenvalue weighted by atomic mass is 16.5. The number of fused-ring (bicyclic) bond motifs is 1. The third-order valence-electron chi connectivity index (χ3n) is 5.96. The van der Waals surface area contributed by atoms with Crippen molar-refractivity contribution in [2.24, 2.45) is 28.6 Å². The Balaban J connectivity index is 1.76. The van der Waals surface area contributed by atoms with E-state index in [1.54, 1.807) is 7.11 Å². The van der Waals surface area contributed by atoms with Crippen LogP contribution in [0.3, 0.4) is 0 Å². The molecule has 0 aromatic rings. The molecule has 0 saturated heterocycles. The molecule has 4 rings (SSSR count). The molecule has 1 spiro atoms. The molecule has 0 aliphatic heterocycles. The summed E-state index contributed by atoms with van der Waals surface area (Å²) < 4.78 is 5.00. The van der Waals surface area contributed by atoms with Gasteiger partial charge in [0.2, 0.25) is 0 Å². The normalized spacial score (nSPS) is 61.4. The molecular formula is C12H16O2. The molecular weight excluding hydrogens is 176 g/mol. The van der Waals surface area contributed by atoms with Crippen LogP contribution >= 0.6 is 0 Å². The van der Waals surface area contributed by atoms with E-state index in [-0.39, 0.29) is 11.4 Å². The van der Waals surface area contributed by atoms with E-state index in [4.69, 9.17) is 4.74 Å². The summed E-state index contributed by atoms with van der Waals surface area (Å²) in [5, 5.41) is 0. The lowest BCUT2D eigenvalue weighted by molar-refractivity contribution is -0.180. The highest BCUT2D eigenvalue weighted by Crippen LogP contribution is 2.84. The standard InChI is InChI=1S/C12H16O2/c1-14-10(13)11-4-8-2-7-3-9(5-11)12(7,8)6-11/h7-9H,2-6H2,1H3. The maximum atomic E-state index is 11.9. The maximum absolute atomic E-state index is 11.9. The van der Waals surface area contributed by atoms with Crippen molar-refractivity contribution in [1.82, 2.24) is 0 Å². The van der Waals surface area contributed by atoms with Crippen LogP contribution in [-0.4, -0.2) is 13.1 Å². The molecule has 0 amide bonds. The first kappa shape index (κ1) is 7.72. The van der Waals surface area contributed by atoms with Crippen LogP contribution in [0.4, 0.5) is 0 Å². The highest BCUT2D eigenvalue weighted by Gasteiger charge is 2.79. The summed E-state index contributed by atoms with van der Waals surface area (Å²) in [6, 6.07) is 0. The Kier molecular flexibility index (Phi) is 1.04. The monoisotopic (exact) mass is 192 g/mol. The van der Waals surface area contributed by atoms with E-state index in [0.717, 1.165) is 30.6 Å². The smallest absolute Gasteiger partial charge is 0.311 e. The van der Waals surface area contributed by atoms with E-state index in [0.29, 0.717) is 5.41 Å². The van der Waals surface area contributed by atoms with Crippen LogP contribution in [0.1, 0.15) is 32.1 Å². The second-order valence-electron chi connectivity index (χ2n) is 6.03. The number of carbonyl (C=O) groups is 1. The van der Waals surface area contributed by atoms with E-state index in [2.05, 4.69) is 0 Å². The minimum absolute atomic E-state index is 0.0324. The number of esters is 1. The first-order valence-corrected chi connectivity index (χ1v) is 5.80. The third-order valence-corrected chi connectivity index (χ3v) is 5.96. The fourth-order valence-electron chi connectivity index (χ4n) is 5.53. The maximum Gasteiger partial charge on any atom is 0.311 e. The Hall–Kier alpha value is -0.530. The van der Waals surface area contributed by atoms with Crippen molar-refractivity contribution in [3.05, 3.63) is 0 Å². The van der Waals surface area contributed by atoms with Gasteiger partial charge in [-0.2, -0.15) is 0 Å². The first-order chi connectivity index (χ1) is 6.71. The van der Waals surface area contributed by atoms with Crippen LogP contribution < -0.4 is 0 Å². The van der Waals surface area contributed by atoms with Gasteiger partial charge in [-0.1, -0.05) is 0 Å². The molecule has 4 fully saturated rings. The van der Waals surface area contributed by atoms with Gasteiger partial charge in [0.15, 0.2) is 0 Å². The molecule has 2 unspecified atom stereocenters. The third kappa shape index (κ3) is 0.514. The minimum Gasteiger partial charge on any atom is -0.469 e. The zero-order valence-corrected chi connectivity index (χ0v) is 8.58. The van der Waals surface area contributed by atoms with Gasteiger partial charge in [0.05, 0.1) is 12.5 Å². The average Bonchev–Trinajstić information content (AvgIpc) is 2.62. The van der Waals surface area contributed by atoms with Gasteiger partial charge in [-0.3, -0.25) is 4.79 Å². The molecule has 0 aromatic heterocycles. The second-order valence-corrected chi connectivity index (χ2v) is 6.03. The summed E-state index contributed by atoms with van der Waals surface area (Å²) in [5.41, 5.74) is 0.615. The minimum atomic E-state index is -0.0324. The number of rotatable bonds is 1. The van der Waals surface area contributed by atoms with Crippen LogP contribution in [0, 0.1) is 28.6 Å². The van der Waals surface area contributed by atoms with Crippen molar-refractivity contribution in [1.29, 1.82) is 0 Å². The highest BCUT2D eigenvalue weighted by molar-refractivity contribution is 5.78. The van der Waals surface area contributed by atoms with Gasteiger partial charge in [0.1, 0.15) is 0 Å². The van der Waals surface area contributed by atoms with E-state index in [1.165, 1.54) is 19.3 Å². The van der Waals surface area contributed by atoms with Gasteiger partial charge in [-0.05, 0) is 55.3 Å². The van der Waals surface area contributed by atoms with Gasteiger partial charge in [-0.15, -0.1) is 0 Å². The quantitative estimate of drug-likeness (QED) is 0.594. The largest absolute Gasteiger partial charge is 0.469 e. The Morgan fingerprint density at radius 1 is 1.21 bits per heavy atom. The van der Waals surface area contributed by atoms with Crippen molar-refractivity contribution in [2.75, 3.05) is 7.11 Å². The van der Waals surface area contributed by atoms with Crippen LogP contribution in [0.25, 0.3) is 0 Å². The van der Waals surface area contributed by atoms with Gasteiger partial charge in [-0.25, -0.2) is 0 Å². The molecule has 76 valence electrons. The summed E-state index contributed by atoms with van der Waals surface area (Å²) in [5.74, 6) is 2.86. The predicted molar refractivity (Wildman–Crippen MR) is 50.4 cm³/mol. The lowest BCUT2D eigenvalue weighted by Gasteiger charge is -2.66. The molecule has 2 heteroatoms. The van der Waals surface area contributed by atoms with E-state index in [1.807, 2.05) is 0 Å². The molecule has 4 aliphatic carbocycles. The fourth-order valence-corrected chi connectivity index (χ4v) is 5.53. The van der Waals surface area contributed by atoms with Crippen molar-refractivity contribution < 1.29 is 9.53 Å². The van der Waals surface area contributed by atoms with Crippen molar-refractivity contribution in [2.45, 2.75) is 32.1 Å². The van der Waals surface area contributed by atoms with Gasteiger partial charge in [0.25, 0.3) is 0 Å². The first-order valence-electron chi connectivity index (χ1n) is 5.80. The van der Waals surface area contributed by atoms with Crippen LogP contribution in [0.5, 0.6) is 0 Å². The molecule has 2 nitrogen and oxygen atoms in total. The number of methoxy groups -OCH3 is 1. The summed E-state index contributed by atoms with van der Waals surface area (Å²) >= 11 is 0. The van der Waals surface area contributed by atoms with Crippen LogP contribution in [-0.2, 0) is 9.53 Å². The van der Waals surface area contributed by atoms with Crippen molar-refractivity contribution in [3.63, 3.8) is 0 Å². The molecule has 0 radical (unpaired) electrons. The topological polar surface area (TPSA) is 26.3 Å². The number of hydrogen-bond acceptors (Lipinski definition) is 2. The Labute approximate surface area is 84.0 Å². The lowest BCUT2D eigenvalue weighted by Crippen LogP contribution is -2.59. The molecule has 2 bridgehead atoms. The average molecular weight is 192 g/mol. The number of ether oxygens (including phenoxy) is 1. The van der Waals surface area contributed by atoms with Gasteiger partial charge in [0, 0.05) is 0 Å². The molecule has 14 heavy (non-hydrogen) atoms. The molecule has 2 atom stereocenters. The van der Waals surface area contributed by atoms with Gasteiger partial charge < -0.3 is 4.74 Å². The summed E-state index contributed by atoms with van der Waals surface area (Å²) in [6.07, 6.45) is 6.29. The van der Waals surface area contributed by atoms with Crippen molar-refractivity contribution in [3.8, 4) is 0 Å². The predicted octanol–water partition coefficient (Wildman–Crippen LogP) is 1.99. The van der Waals surface area contributed by atoms with Crippen molar-refractivity contribution >= 4 is 5.97 Å². The lowest BCUT2D eigenvalue weighted by atomic mass is 9.38. The molecule has 0 heterocycles.